The third-order valence-corrected chi connectivity index (χ3v) is 8.19. The van der Waals surface area contributed by atoms with Gasteiger partial charge in [-0.1, -0.05) is 0 Å². The largest absolute Gasteiger partial charge is 0.338 e. The molecule has 3 N–H and O–H groups in total. The predicted octanol–water partition coefficient (Wildman–Crippen LogP) is 1.46. The lowest BCUT2D eigenvalue weighted by molar-refractivity contribution is 0.545. The van der Waals surface area contributed by atoms with Crippen LogP contribution in [0, 0.1) is 12.8 Å². The van der Waals surface area contributed by atoms with Gasteiger partial charge in [-0.25, -0.2) is 18.1 Å². The summed E-state index contributed by atoms with van der Waals surface area (Å²) in [6.07, 6.45) is 4.11. The number of sulfonamides is 1. The number of hydrogen-bond donors (Lipinski definition) is 3. The molecule has 30 heavy (non-hydrogen) atoms. The molecule has 2 atom stereocenters. The summed E-state index contributed by atoms with van der Waals surface area (Å²) < 4.78 is 27.9. The van der Waals surface area contributed by atoms with Crippen LogP contribution < -0.4 is 14.9 Å². The number of nitrogens with zero attached hydrogens (tertiary/aromatic N) is 5. The van der Waals surface area contributed by atoms with E-state index in [1.165, 1.54) is 0 Å². The zero-order valence-electron chi connectivity index (χ0n) is 16.5. The van der Waals surface area contributed by atoms with Crippen molar-refractivity contribution in [1.29, 1.82) is 0 Å². The average molecular weight is 427 g/mol. The Labute approximate surface area is 173 Å². The summed E-state index contributed by atoms with van der Waals surface area (Å²) in [5.41, 5.74) is 1.15. The number of pyridine rings is 1. The molecule has 4 heterocycles. The van der Waals surface area contributed by atoms with Crippen LogP contribution in [0.4, 0.5) is 17.6 Å². The van der Waals surface area contributed by atoms with E-state index in [0.29, 0.717) is 35.7 Å². The second-order valence-corrected chi connectivity index (χ2v) is 10.6. The molecule has 10 nitrogen and oxygen atoms in total. The molecule has 3 aromatic heterocycles. The number of rotatable bonds is 6. The lowest BCUT2D eigenvalue weighted by Crippen LogP contribution is -2.43. The first-order chi connectivity index (χ1) is 14.4. The highest BCUT2D eigenvalue weighted by molar-refractivity contribution is 7.90. The van der Waals surface area contributed by atoms with E-state index < -0.39 is 10.0 Å². The summed E-state index contributed by atoms with van der Waals surface area (Å²) in [5.74, 6) is 2.13. The average Bonchev–Trinajstić information content (AvgIpc) is 3.61. The van der Waals surface area contributed by atoms with E-state index in [4.69, 9.17) is 4.98 Å². The van der Waals surface area contributed by atoms with E-state index in [1.807, 2.05) is 25.1 Å². The van der Waals surface area contributed by atoms with Crippen LogP contribution in [-0.2, 0) is 10.0 Å². The molecular formula is C19H22N8O2S. The quantitative estimate of drug-likeness (QED) is 0.540. The summed E-state index contributed by atoms with van der Waals surface area (Å²) in [6.45, 7) is 3.23. The van der Waals surface area contributed by atoms with Crippen LogP contribution in [0.2, 0.25) is 0 Å². The number of H-pyrrole nitrogens is 1. The van der Waals surface area contributed by atoms with Crippen LogP contribution >= 0.6 is 0 Å². The minimum Gasteiger partial charge on any atom is -0.338 e. The highest BCUT2D eigenvalue weighted by Crippen LogP contribution is 2.51. The Kier molecular flexibility index (Phi) is 3.67. The Bertz CT molecular complexity index is 1250. The van der Waals surface area contributed by atoms with Crippen molar-refractivity contribution in [3.63, 3.8) is 0 Å². The maximum absolute atomic E-state index is 12.5. The van der Waals surface area contributed by atoms with Gasteiger partial charge in [0, 0.05) is 31.0 Å². The van der Waals surface area contributed by atoms with Crippen molar-refractivity contribution < 1.29 is 8.42 Å². The van der Waals surface area contributed by atoms with Crippen molar-refractivity contribution in [2.75, 3.05) is 23.3 Å². The zero-order valence-corrected chi connectivity index (χ0v) is 17.3. The molecule has 1 saturated heterocycles. The van der Waals surface area contributed by atoms with Crippen LogP contribution in [0.1, 0.15) is 25.0 Å². The highest BCUT2D eigenvalue weighted by Gasteiger charge is 2.63. The molecular weight excluding hydrogens is 404 g/mol. The minimum absolute atomic E-state index is 0.212. The number of aromatic amines is 1. The summed E-state index contributed by atoms with van der Waals surface area (Å²) >= 11 is 0. The van der Waals surface area contributed by atoms with Crippen molar-refractivity contribution in [3.05, 3.63) is 30.1 Å². The normalized spacial score (nSPS) is 25.5. The number of piperidine rings is 1. The Balaban J connectivity index is 1.31. The molecule has 0 aromatic carbocycles. The van der Waals surface area contributed by atoms with Crippen LogP contribution in [0.3, 0.4) is 0 Å². The molecule has 3 aliphatic rings. The molecule has 0 radical (unpaired) electrons. The van der Waals surface area contributed by atoms with Crippen molar-refractivity contribution in [2.45, 2.75) is 37.0 Å². The van der Waals surface area contributed by atoms with Gasteiger partial charge in [-0.3, -0.25) is 5.10 Å². The predicted molar refractivity (Wildman–Crippen MR) is 112 cm³/mol. The second-order valence-electron chi connectivity index (χ2n) is 8.59. The topological polar surface area (TPSA) is 129 Å². The standard InChI is InChI=1S/C19H22N8O2S/c1-11-7-15(25-24-11)21-17-14-3-2-6-20-16(14)22-18(23-17)27-9-12-8-19(12,10-27)26-30(28,29)13-4-5-13/h2-3,6-7,12-13,26H,4-5,8-10H2,1H3,(H2,20,21,22,23,24,25)/t12-,19-/m1/s1. The van der Waals surface area contributed by atoms with E-state index in [2.05, 4.69) is 35.1 Å². The Morgan fingerprint density at radius 3 is 2.93 bits per heavy atom. The van der Waals surface area contributed by atoms with E-state index >= 15 is 0 Å². The number of fused-ring (bicyclic) bond motifs is 2. The van der Waals surface area contributed by atoms with Crippen LogP contribution in [-0.4, -0.2) is 57.4 Å². The van der Waals surface area contributed by atoms with Gasteiger partial charge < -0.3 is 10.2 Å². The van der Waals surface area contributed by atoms with Gasteiger partial charge in [0.1, 0.15) is 5.82 Å². The van der Waals surface area contributed by atoms with Gasteiger partial charge in [-0.15, -0.1) is 0 Å². The third kappa shape index (κ3) is 3.00. The number of hydrogen-bond acceptors (Lipinski definition) is 8. The van der Waals surface area contributed by atoms with Crippen LogP contribution in [0.15, 0.2) is 24.4 Å². The van der Waals surface area contributed by atoms with Crippen molar-refractivity contribution in [1.82, 2.24) is 29.9 Å². The number of nitrogens with one attached hydrogen (secondary N) is 3. The molecule has 2 saturated carbocycles. The Morgan fingerprint density at radius 1 is 1.30 bits per heavy atom. The molecule has 1 aliphatic heterocycles. The Hall–Kier alpha value is -2.79. The lowest BCUT2D eigenvalue weighted by Gasteiger charge is -2.22. The Morgan fingerprint density at radius 2 is 2.17 bits per heavy atom. The van der Waals surface area contributed by atoms with Crippen LogP contribution in [0.5, 0.6) is 0 Å². The lowest BCUT2D eigenvalue weighted by atomic mass is 10.3. The molecule has 11 heteroatoms. The zero-order chi connectivity index (χ0) is 20.5. The van der Waals surface area contributed by atoms with Crippen molar-refractivity contribution in [3.8, 4) is 0 Å². The van der Waals surface area contributed by atoms with Crippen LogP contribution in [0.25, 0.3) is 11.0 Å². The molecule has 0 unspecified atom stereocenters. The molecule has 3 aromatic rings. The van der Waals surface area contributed by atoms with Gasteiger partial charge in [0.15, 0.2) is 11.5 Å². The van der Waals surface area contributed by atoms with E-state index in [-0.39, 0.29) is 10.8 Å². The smallest absolute Gasteiger partial charge is 0.229 e. The summed E-state index contributed by atoms with van der Waals surface area (Å²) in [7, 11) is -3.23. The van der Waals surface area contributed by atoms with Gasteiger partial charge in [-0.05, 0) is 44.2 Å². The highest BCUT2D eigenvalue weighted by atomic mass is 32.2. The molecule has 2 aliphatic carbocycles. The minimum atomic E-state index is -3.23. The van der Waals surface area contributed by atoms with Crippen molar-refractivity contribution in [2.24, 2.45) is 5.92 Å². The first-order valence-corrected chi connectivity index (χ1v) is 11.7. The number of aryl methyl sites for hydroxylation is 1. The van der Waals surface area contributed by atoms with Gasteiger partial charge in [0.25, 0.3) is 0 Å². The maximum Gasteiger partial charge on any atom is 0.229 e. The van der Waals surface area contributed by atoms with Gasteiger partial charge >= 0.3 is 0 Å². The molecule has 6 rings (SSSR count). The van der Waals surface area contributed by atoms with Gasteiger partial charge in [0.05, 0.1) is 16.2 Å². The van der Waals surface area contributed by atoms with Crippen molar-refractivity contribution >= 4 is 38.6 Å². The number of anilines is 3. The fourth-order valence-corrected chi connectivity index (χ4v) is 6.13. The fraction of sp³-hybridized carbons (Fsp3) is 0.474. The molecule has 0 spiro atoms. The SMILES string of the molecule is Cc1cc(Nc2nc(N3C[C@H]4C[C@@]4(NS(=O)(=O)C4CC4)C3)nc3ncccc23)n[nH]1. The molecule has 0 amide bonds. The molecule has 156 valence electrons. The summed E-state index contributed by atoms with van der Waals surface area (Å²) in [5, 5.41) is 11.0. The monoisotopic (exact) mass is 426 g/mol. The third-order valence-electron chi connectivity index (χ3n) is 6.15. The number of aromatic nitrogens is 5. The molecule has 3 fully saturated rings. The second kappa shape index (κ2) is 6.11. The first kappa shape index (κ1) is 18.0. The summed E-state index contributed by atoms with van der Waals surface area (Å²) in [6, 6.07) is 5.66. The van der Waals surface area contributed by atoms with Gasteiger partial charge in [-0.2, -0.15) is 15.1 Å². The fourth-order valence-electron chi connectivity index (χ4n) is 4.33. The maximum atomic E-state index is 12.5. The van der Waals surface area contributed by atoms with E-state index in [9.17, 15) is 8.42 Å². The van der Waals surface area contributed by atoms with E-state index in [0.717, 1.165) is 36.9 Å². The van der Waals surface area contributed by atoms with Gasteiger partial charge in [0.2, 0.25) is 16.0 Å². The first-order valence-electron chi connectivity index (χ1n) is 10.1. The van der Waals surface area contributed by atoms with E-state index in [1.54, 1.807) is 6.20 Å². The molecule has 0 bridgehead atoms. The summed E-state index contributed by atoms with van der Waals surface area (Å²) in [4.78, 5) is 15.9.